The molecule has 2 N–H and O–H groups in total. The zero-order valence-corrected chi connectivity index (χ0v) is 18.3. The SMILES string of the molecule is COc1cc(/C=N/NC(=O)COc2ccc(C(C)(C)C)cc2C)cc(Br)c1O. The van der Waals surface area contributed by atoms with Gasteiger partial charge in [0.2, 0.25) is 0 Å². The summed E-state index contributed by atoms with van der Waals surface area (Å²) < 4.78 is 11.1. The van der Waals surface area contributed by atoms with E-state index in [1.807, 2.05) is 19.1 Å². The summed E-state index contributed by atoms with van der Waals surface area (Å²) >= 11 is 3.23. The predicted octanol–water partition coefficient (Wildman–Crippen LogP) is 4.30. The van der Waals surface area contributed by atoms with Crippen LogP contribution < -0.4 is 14.9 Å². The van der Waals surface area contributed by atoms with Crippen molar-refractivity contribution in [1.82, 2.24) is 5.43 Å². The molecule has 2 aromatic carbocycles. The Morgan fingerprint density at radius 2 is 1.96 bits per heavy atom. The number of carbonyl (C=O) groups is 1. The molecule has 6 nitrogen and oxygen atoms in total. The highest BCUT2D eigenvalue weighted by molar-refractivity contribution is 9.10. The third-order valence-corrected chi connectivity index (χ3v) is 4.68. The van der Waals surface area contributed by atoms with E-state index in [2.05, 4.69) is 53.3 Å². The summed E-state index contributed by atoms with van der Waals surface area (Å²) in [6.45, 7) is 8.26. The summed E-state index contributed by atoms with van der Waals surface area (Å²) in [4.78, 5) is 12.0. The predicted molar refractivity (Wildman–Crippen MR) is 113 cm³/mol. The molecule has 0 radical (unpaired) electrons. The first kappa shape index (κ1) is 21.8. The highest BCUT2D eigenvalue weighted by atomic mass is 79.9. The fraction of sp³-hybridized carbons (Fsp3) is 0.333. The van der Waals surface area contributed by atoms with Crippen LogP contribution in [0.5, 0.6) is 17.2 Å². The van der Waals surface area contributed by atoms with Gasteiger partial charge in [-0.15, -0.1) is 0 Å². The molecule has 0 saturated heterocycles. The van der Waals surface area contributed by atoms with Gasteiger partial charge in [0.15, 0.2) is 18.1 Å². The maximum atomic E-state index is 12.0. The van der Waals surface area contributed by atoms with Crippen LogP contribution in [-0.2, 0) is 10.2 Å². The van der Waals surface area contributed by atoms with E-state index in [0.29, 0.717) is 21.5 Å². The summed E-state index contributed by atoms with van der Waals surface area (Å²) in [6.07, 6.45) is 1.45. The van der Waals surface area contributed by atoms with E-state index in [1.165, 1.54) is 18.9 Å². The molecule has 0 aromatic heterocycles. The van der Waals surface area contributed by atoms with Crippen molar-refractivity contribution in [3.63, 3.8) is 0 Å². The lowest BCUT2D eigenvalue weighted by molar-refractivity contribution is -0.123. The van der Waals surface area contributed by atoms with Crippen LogP contribution >= 0.6 is 15.9 Å². The van der Waals surface area contributed by atoms with Gasteiger partial charge in [0.1, 0.15) is 5.75 Å². The lowest BCUT2D eigenvalue weighted by Crippen LogP contribution is -2.24. The van der Waals surface area contributed by atoms with Crippen LogP contribution in [0, 0.1) is 6.92 Å². The van der Waals surface area contributed by atoms with E-state index in [1.54, 1.807) is 12.1 Å². The number of aryl methyl sites for hydroxylation is 1. The Morgan fingerprint density at radius 3 is 2.57 bits per heavy atom. The second-order valence-electron chi connectivity index (χ2n) is 7.37. The molecule has 0 saturated carbocycles. The Bertz CT molecular complexity index is 889. The van der Waals surface area contributed by atoms with Crippen molar-refractivity contribution in [1.29, 1.82) is 0 Å². The summed E-state index contributed by atoms with van der Waals surface area (Å²) in [5.41, 5.74) is 5.31. The van der Waals surface area contributed by atoms with Crippen molar-refractivity contribution in [2.75, 3.05) is 13.7 Å². The van der Waals surface area contributed by atoms with Gasteiger partial charge < -0.3 is 14.6 Å². The minimum Gasteiger partial charge on any atom is -0.503 e. The summed E-state index contributed by atoms with van der Waals surface area (Å²) in [5, 5.41) is 13.7. The Labute approximate surface area is 173 Å². The van der Waals surface area contributed by atoms with Crippen molar-refractivity contribution in [2.24, 2.45) is 5.10 Å². The molecule has 0 fully saturated rings. The minimum absolute atomic E-state index is 0.00457. The van der Waals surface area contributed by atoms with Crippen molar-refractivity contribution >= 4 is 28.1 Å². The molecule has 0 aliphatic rings. The zero-order chi connectivity index (χ0) is 20.9. The molecule has 0 bridgehead atoms. The van der Waals surface area contributed by atoms with Gasteiger partial charge in [0.05, 0.1) is 17.8 Å². The van der Waals surface area contributed by atoms with E-state index in [0.717, 1.165) is 5.56 Å². The first-order chi connectivity index (χ1) is 13.1. The molecule has 2 rings (SSSR count). The molecule has 0 aliphatic carbocycles. The number of hydrazone groups is 1. The van der Waals surface area contributed by atoms with Crippen LogP contribution in [0.4, 0.5) is 0 Å². The van der Waals surface area contributed by atoms with E-state index >= 15 is 0 Å². The number of nitrogens with one attached hydrogen (secondary N) is 1. The summed E-state index contributed by atoms with van der Waals surface area (Å²) in [5.74, 6) is 0.601. The molecule has 1 amide bonds. The summed E-state index contributed by atoms with van der Waals surface area (Å²) in [6, 6.07) is 9.22. The number of hydrogen-bond acceptors (Lipinski definition) is 5. The van der Waals surface area contributed by atoms with Gasteiger partial charge in [-0.1, -0.05) is 32.9 Å². The van der Waals surface area contributed by atoms with Gasteiger partial charge in [-0.2, -0.15) is 5.10 Å². The fourth-order valence-electron chi connectivity index (χ4n) is 2.46. The van der Waals surface area contributed by atoms with Crippen LogP contribution in [0.25, 0.3) is 0 Å². The number of methoxy groups -OCH3 is 1. The van der Waals surface area contributed by atoms with Crippen LogP contribution in [0.15, 0.2) is 39.9 Å². The Hall–Kier alpha value is -2.54. The van der Waals surface area contributed by atoms with Crippen molar-refractivity contribution in [2.45, 2.75) is 33.1 Å². The number of ether oxygens (including phenoxy) is 2. The second kappa shape index (κ2) is 9.10. The van der Waals surface area contributed by atoms with E-state index < -0.39 is 0 Å². The van der Waals surface area contributed by atoms with Crippen LogP contribution in [0.3, 0.4) is 0 Å². The zero-order valence-electron chi connectivity index (χ0n) is 16.7. The fourth-order valence-corrected chi connectivity index (χ4v) is 2.92. The van der Waals surface area contributed by atoms with Gasteiger partial charge in [0, 0.05) is 0 Å². The number of amides is 1. The number of phenolic OH excluding ortho intramolecular Hbond substituents is 1. The average molecular weight is 449 g/mol. The lowest BCUT2D eigenvalue weighted by atomic mass is 9.86. The molecule has 0 aliphatic heterocycles. The van der Waals surface area contributed by atoms with E-state index in [-0.39, 0.29) is 23.7 Å². The molecule has 7 heteroatoms. The number of hydrogen-bond donors (Lipinski definition) is 2. The molecule has 2 aromatic rings. The number of benzene rings is 2. The second-order valence-corrected chi connectivity index (χ2v) is 8.22. The highest BCUT2D eigenvalue weighted by Gasteiger charge is 2.15. The van der Waals surface area contributed by atoms with Gasteiger partial charge in [0.25, 0.3) is 5.91 Å². The van der Waals surface area contributed by atoms with Crippen molar-refractivity contribution in [3.05, 3.63) is 51.5 Å². The quantitative estimate of drug-likeness (QED) is 0.509. The number of rotatable bonds is 6. The van der Waals surface area contributed by atoms with E-state index in [9.17, 15) is 9.90 Å². The number of carbonyl (C=O) groups excluding carboxylic acids is 1. The van der Waals surface area contributed by atoms with E-state index in [4.69, 9.17) is 9.47 Å². The van der Waals surface area contributed by atoms with Crippen molar-refractivity contribution in [3.8, 4) is 17.2 Å². The largest absolute Gasteiger partial charge is 0.503 e. The maximum absolute atomic E-state index is 12.0. The molecule has 0 spiro atoms. The van der Waals surface area contributed by atoms with Gasteiger partial charge >= 0.3 is 0 Å². The lowest BCUT2D eigenvalue weighted by Gasteiger charge is -2.20. The average Bonchev–Trinajstić information content (AvgIpc) is 2.62. The van der Waals surface area contributed by atoms with Crippen LogP contribution in [0.2, 0.25) is 0 Å². The molecule has 0 atom stereocenters. The smallest absolute Gasteiger partial charge is 0.277 e. The highest BCUT2D eigenvalue weighted by Crippen LogP contribution is 2.34. The molecule has 0 unspecified atom stereocenters. The first-order valence-corrected chi connectivity index (χ1v) is 9.53. The monoisotopic (exact) mass is 448 g/mol. The molecular weight excluding hydrogens is 424 g/mol. The molecule has 150 valence electrons. The number of aromatic hydroxyl groups is 1. The van der Waals surface area contributed by atoms with Crippen molar-refractivity contribution < 1.29 is 19.4 Å². The third kappa shape index (κ3) is 5.73. The topological polar surface area (TPSA) is 80.2 Å². The normalized spacial score (nSPS) is 11.5. The standard InChI is InChI=1S/C21H25BrN2O4/c1-13-8-15(21(2,3)4)6-7-17(13)28-12-19(25)24-23-11-14-9-16(22)20(26)18(10-14)27-5/h6-11,26H,12H2,1-5H3,(H,24,25)/b23-11+. The van der Waals surface area contributed by atoms with Crippen LogP contribution in [0.1, 0.15) is 37.5 Å². The van der Waals surface area contributed by atoms with Crippen LogP contribution in [-0.4, -0.2) is 30.9 Å². The summed E-state index contributed by atoms with van der Waals surface area (Å²) in [7, 11) is 1.46. The first-order valence-electron chi connectivity index (χ1n) is 8.74. The minimum atomic E-state index is -0.375. The molecular formula is C21H25BrN2O4. The van der Waals surface area contributed by atoms with Gasteiger partial charge in [-0.3, -0.25) is 4.79 Å². The number of halogens is 1. The van der Waals surface area contributed by atoms with Gasteiger partial charge in [-0.25, -0.2) is 5.43 Å². The Balaban J connectivity index is 1.93. The third-order valence-electron chi connectivity index (χ3n) is 4.07. The molecule has 28 heavy (non-hydrogen) atoms. The Kier molecular flexibility index (Phi) is 7.07. The number of nitrogens with zero attached hydrogens (tertiary/aromatic N) is 1. The maximum Gasteiger partial charge on any atom is 0.277 e. The van der Waals surface area contributed by atoms with Gasteiger partial charge in [-0.05, 0) is 63.2 Å². The Morgan fingerprint density at radius 1 is 1.25 bits per heavy atom. The number of phenols is 1. The molecule has 0 heterocycles.